The molecule has 2 aromatic rings. The normalized spacial score (nSPS) is 22.9. The van der Waals surface area contributed by atoms with E-state index >= 15 is 0 Å². The SMILES string of the molecule is CC1CCCCC1n1c(CCCl)nc2ccc(F)c(F)c21. The fraction of sp³-hybridized carbons (Fsp3) is 0.562. The third kappa shape index (κ3) is 2.54. The van der Waals surface area contributed by atoms with Gasteiger partial charge in [-0.2, -0.15) is 0 Å². The molecule has 1 heterocycles. The van der Waals surface area contributed by atoms with E-state index in [0.29, 0.717) is 29.3 Å². The molecule has 1 aromatic carbocycles. The number of imidazole rings is 1. The molecule has 1 aliphatic carbocycles. The van der Waals surface area contributed by atoms with Gasteiger partial charge in [-0.25, -0.2) is 13.8 Å². The van der Waals surface area contributed by atoms with Gasteiger partial charge in [0.2, 0.25) is 0 Å². The maximum Gasteiger partial charge on any atom is 0.184 e. The van der Waals surface area contributed by atoms with Gasteiger partial charge in [-0.05, 0) is 30.9 Å². The number of aromatic nitrogens is 2. The molecular formula is C16H19ClF2N2. The third-order valence-corrected chi connectivity index (χ3v) is 4.72. The topological polar surface area (TPSA) is 17.8 Å². The van der Waals surface area contributed by atoms with E-state index in [0.717, 1.165) is 31.2 Å². The highest BCUT2D eigenvalue weighted by atomic mass is 35.5. The van der Waals surface area contributed by atoms with Crippen molar-refractivity contribution in [3.8, 4) is 0 Å². The molecule has 2 unspecified atom stereocenters. The maximum atomic E-state index is 14.3. The van der Waals surface area contributed by atoms with E-state index in [1.54, 1.807) is 6.07 Å². The molecule has 21 heavy (non-hydrogen) atoms. The molecule has 1 fully saturated rings. The molecule has 0 amide bonds. The first-order valence-corrected chi connectivity index (χ1v) is 8.07. The van der Waals surface area contributed by atoms with Gasteiger partial charge in [-0.3, -0.25) is 0 Å². The molecule has 1 aromatic heterocycles. The van der Waals surface area contributed by atoms with Gasteiger partial charge in [-0.15, -0.1) is 11.6 Å². The summed E-state index contributed by atoms with van der Waals surface area (Å²) in [5.74, 6) is 0.0217. The molecule has 0 spiro atoms. The van der Waals surface area contributed by atoms with Gasteiger partial charge in [0.1, 0.15) is 11.3 Å². The summed E-state index contributed by atoms with van der Waals surface area (Å²) >= 11 is 5.86. The van der Waals surface area contributed by atoms with Crippen molar-refractivity contribution in [2.45, 2.75) is 45.1 Å². The fourth-order valence-electron chi connectivity index (χ4n) is 3.47. The Labute approximate surface area is 128 Å². The second-order valence-electron chi connectivity index (χ2n) is 5.90. The molecule has 0 saturated heterocycles. The van der Waals surface area contributed by atoms with Crippen molar-refractivity contribution in [1.82, 2.24) is 9.55 Å². The second-order valence-corrected chi connectivity index (χ2v) is 6.27. The summed E-state index contributed by atoms with van der Waals surface area (Å²) in [6.45, 7) is 2.18. The lowest BCUT2D eigenvalue weighted by atomic mass is 9.85. The minimum absolute atomic E-state index is 0.179. The molecule has 0 radical (unpaired) electrons. The summed E-state index contributed by atoms with van der Waals surface area (Å²) in [6, 6.07) is 2.87. The first-order valence-electron chi connectivity index (χ1n) is 7.54. The first kappa shape index (κ1) is 14.8. The molecular weight excluding hydrogens is 294 g/mol. The Morgan fingerprint density at radius 3 is 2.76 bits per heavy atom. The van der Waals surface area contributed by atoms with Crippen LogP contribution in [0.4, 0.5) is 8.78 Å². The van der Waals surface area contributed by atoms with Crippen molar-refractivity contribution in [1.29, 1.82) is 0 Å². The van der Waals surface area contributed by atoms with Crippen LogP contribution in [0.15, 0.2) is 12.1 Å². The number of benzene rings is 1. The molecule has 0 N–H and O–H groups in total. The van der Waals surface area contributed by atoms with Crippen molar-refractivity contribution in [2.75, 3.05) is 5.88 Å². The number of aryl methyl sites for hydroxylation is 1. The third-order valence-electron chi connectivity index (χ3n) is 4.53. The summed E-state index contributed by atoms with van der Waals surface area (Å²) in [5, 5.41) is 0. The number of halogens is 3. The highest BCUT2D eigenvalue weighted by Crippen LogP contribution is 2.37. The molecule has 3 rings (SSSR count). The summed E-state index contributed by atoms with van der Waals surface area (Å²) in [4.78, 5) is 4.49. The van der Waals surface area contributed by atoms with Gasteiger partial charge < -0.3 is 4.57 Å². The summed E-state index contributed by atoms with van der Waals surface area (Å²) < 4.78 is 29.9. The van der Waals surface area contributed by atoms with Crippen LogP contribution in [0.25, 0.3) is 11.0 Å². The number of alkyl halides is 1. The minimum atomic E-state index is -0.815. The van der Waals surface area contributed by atoms with Crippen LogP contribution in [0.3, 0.4) is 0 Å². The predicted octanol–water partition coefficient (Wildman–Crippen LogP) is 4.85. The molecule has 2 atom stereocenters. The summed E-state index contributed by atoms with van der Waals surface area (Å²) in [6.07, 6.45) is 4.98. The zero-order valence-electron chi connectivity index (χ0n) is 12.1. The lowest BCUT2D eigenvalue weighted by Gasteiger charge is -2.31. The molecule has 1 saturated carbocycles. The maximum absolute atomic E-state index is 14.3. The zero-order valence-corrected chi connectivity index (χ0v) is 12.8. The van der Waals surface area contributed by atoms with Crippen LogP contribution in [0, 0.1) is 17.6 Å². The number of fused-ring (bicyclic) bond motifs is 1. The van der Waals surface area contributed by atoms with Gasteiger partial charge in [0.15, 0.2) is 11.6 Å². The summed E-state index contributed by atoms with van der Waals surface area (Å²) in [5.41, 5.74) is 0.820. The van der Waals surface area contributed by atoms with Crippen LogP contribution in [0.1, 0.15) is 44.5 Å². The first-order chi connectivity index (χ1) is 10.1. The van der Waals surface area contributed by atoms with Crippen LogP contribution in [-0.2, 0) is 6.42 Å². The highest BCUT2D eigenvalue weighted by Gasteiger charge is 2.28. The monoisotopic (exact) mass is 312 g/mol. The van der Waals surface area contributed by atoms with Gasteiger partial charge in [-0.1, -0.05) is 19.8 Å². The van der Waals surface area contributed by atoms with E-state index in [4.69, 9.17) is 11.6 Å². The predicted molar refractivity (Wildman–Crippen MR) is 80.7 cm³/mol. The average molecular weight is 313 g/mol. The molecule has 0 aliphatic heterocycles. The molecule has 1 aliphatic rings. The van der Waals surface area contributed by atoms with Crippen LogP contribution >= 0.6 is 11.6 Å². The van der Waals surface area contributed by atoms with Crippen LogP contribution in [0.2, 0.25) is 0 Å². The molecule has 2 nitrogen and oxygen atoms in total. The van der Waals surface area contributed by atoms with E-state index in [1.807, 2.05) is 4.57 Å². The lowest BCUT2D eigenvalue weighted by molar-refractivity contribution is 0.256. The van der Waals surface area contributed by atoms with Crippen molar-refractivity contribution in [3.63, 3.8) is 0 Å². The van der Waals surface area contributed by atoms with Crippen LogP contribution in [-0.4, -0.2) is 15.4 Å². The number of nitrogens with zero attached hydrogens (tertiary/aromatic N) is 2. The van der Waals surface area contributed by atoms with Crippen molar-refractivity contribution >= 4 is 22.6 Å². The molecule has 114 valence electrons. The van der Waals surface area contributed by atoms with Gasteiger partial charge in [0.25, 0.3) is 0 Å². The Balaban J connectivity index is 2.21. The van der Waals surface area contributed by atoms with Crippen molar-refractivity contribution in [3.05, 3.63) is 29.6 Å². The van der Waals surface area contributed by atoms with Gasteiger partial charge >= 0.3 is 0 Å². The Morgan fingerprint density at radius 2 is 2.05 bits per heavy atom. The molecule has 5 heteroatoms. The Bertz CT molecular complexity index is 653. The van der Waals surface area contributed by atoms with Crippen molar-refractivity contribution < 1.29 is 8.78 Å². The molecule has 0 bridgehead atoms. The van der Waals surface area contributed by atoms with Crippen molar-refractivity contribution in [2.24, 2.45) is 5.92 Å². The van der Waals surface area contributed by atoms with Crippen LogP contribution in [0.5, 0.6) is 0 Å². The van der Waals surface area contributed by atoms with Gasteiger partial charge in [0, 0.05) is 18.3 Å². The largest absolute Gasteiger partial charge is 0.322 e. The zero-order chi connectivity index (χ0) is 15.0. The van der Waals surface area contributed by atoms with E-state index in [9.17, 15) is 8.78 Å². The summed E-state index contributed by atoms with van der Waals surface area (Å²) in [7, 11) is 0. The Morgan fingerprint density at radius 1 is 1.29 bits per heavy atom. The van der Waals surface area contributed by atoms with E-state index < -0.39 is 11.6 Å². The number of hydrogen-bond donors (Lipinski definition) is 0. The van der Waals surface area contributed by atoms with E-state index in [-0.39, 0.29) is 6.04 Å². The van der Waals surface area contributed by atoms with Gasteiger partial charge in [0.05, 0.1) is 5.52 Å². The Kier molecular flexibility index (Phi) is 4.16. The standard InChI is InChI=1S/C16H19ClF2N2/c1-10-4-2-3-5-13(10)21-14(8-9-17)20-12-7-6-11(18)15(19)16(12)21/h6-7,10,13H,2-5,8-9H2,1H3. The second kappa shape index (κ2) is 5.91. The average Bonchev–Trinajstić information content (AvgIpc) is 2.83. The van der Waals surface area contributed by atoms with Crippen LogP contribution < -0.4 is 0 Å². The minimum Gasteiger partial charge on any atom is -0.322 e. The number of rotatable bonds is 3. The fourth-order valence-corrected chi connectivity index (χ4v) is 3.64. The lowest BCUT2D eigenvalue weighted by Crippen LogP contribution is -2.23. The van der Waals surface area contributed by atoms with E-state index in [1.165, 1.54) is 6.42 Å². The highest BCUT2D eigenvalue weighted by molar-refractivity contribution is 6.17. The van der Waals surface area contributed by atoms with E-state index in [2.05, 4.69) is 11.9 Å². The number of hydrogen-bond acceptors (Lipinski definition) is 1. The Hall–Kier alpha value is -1.16. The quantitative estimate of drug-likeness (QED) is 0.741. The smallest absolute Gasteiger partial charge is 0.184 e.